The minimum absolute atomic E-state index is 0.202. The molecule has 16 heavy (non-hydrogen) atoms. The minimum Gasteiger partial charge on any atom is -0.274 e. The van der Waals surface area contributed by atoms with Crippen LogP contribution in [0.1, 0.15) is 41.1 Å². The smallest absolute Gasteiger partial charge is 0.274 e. The maximum atomic E-state index is 11.7. The highest BCUT2D eigenvalue weighted by Crippen LogP contribution is 2.20. The second kappa shape index (κ2) is 5.96. The summed E-state index contributed by atoms with van der Waals surface area (Å²) in [6, 6.07) is 0. The van der Waals surface area contributed by atoms with Gasteiger partial charge in [0.05, 0.1) is 17.3 Å². The van der Waals surface area contributed by atoms with E-state index in [4.69, 9.17) is 4.84 Å². The molecule has 0 radical (unpaired) electrons. The van der Waals surface area contributed by atoms with Gasteiger partial charge in [0.15, 0.2) is 0 Å². The first-order valence-corrected chi connectivity index (χ1v) is 6.24. The second-order valence-electron chi connectivity index (χ2n) is 3.98. The van der Waals surface area contributed by atoms with E-state index < -0.39 is 0 Å². The molecule has 0 unspecified atom stereocenters. The number of rotatable bonds is 5. The van der Waals surface area contributed by atoms with Gasteiger partial charge in [0.1, 0.15) is 4.88 Å². The van der Waals surface area contributed by atoms with Crippen molar-refractivity contribution in [3.05, 3.63) is 15.6 Å². The molecule has 5 heteroatoms. The van der Waals surface area contributed by atoms with Crippen LogP contribution in [-0.4, -0.2) is 17.5 Å². The number of carbonyl (C=O) groups is 1. The molecule has 0 saturated carbocycles. The molecule has 0 aliphatic heterocycles. The number of amides is 1. The number of nitrogens with one attached hydrogen (secondary N) is 1. The van der Waals surface area contributed by atoms with Gasteiger partial charge in [0.25, 0.3) is 5.91 Å². The number of hydroxylamine groups is 1. The van der Waals surface area contributed by atoms with Crippen molar-refractivity contribution >= 4 is 17.2 Å². The lowest BCUT2D eigenvalue weighted by molar-refractivity contribution is 0.0367. The third-order valence-corrected chi connectivity index (χ3v) is 3.12. The van der Waals surface area contributed by atoms with Gasteiger partial charge in [0, 0.05) is 6.42 Å². The quantitative estimate of drug-likeness (QED) is 0.806. The fraction of sp³-hybridized carbons (Fsp3) is 0.636. The van der Waals surface area contributed by atoms with E-state index in [0.29, 0.717) is 17.4 Å². The Morgan fingerprint density at radius 3 is 2.81 bits per heavy atom. The zero-order valence-electron chi connectivity index (χ0n) is 10.2. The van der Waals surface area contributed by atoms with Crippen LogP contribution in [-0.2, 0) is 11.3 Å². The lowest BCUT2D eigenvalue weighted by Gasteiger charge is -2.01. The van der Waals surface area contributed by atoms with E-state index in [9.17, 15) is 4.79 Å². The van der Waals surface area contributed by atoms with Gasteiger partial charge in [-0.2, -0.15) is 0 Å². The van der Waals surface area contributed by atoms with E-state index in [1.54, 1.807) is 0 Å². The lowest BCUT2D eigenvalue weighted by atomic mass is 10.1. The highest BCUT2D eigenvalue weighted by atomic mass is 32.1. The van der Waals surface area contributed by atoms with Crippen molar-refractivity contribution in [2.45, 2.75) is 34.1 Å². The zero-order chi connectivity index (χ0) is 12.1. The fourth-order valence-corrected chi connectivity index (χ4v) is 2.45. The van der Waals surface area contributed by atoms with E-state index in [0.717, 1.165) is 17.1 Å². The fourth-order valence-electron chi connectivity index (χ4n) is 1.28. The number of carbonyl (C=O) groups excluding carboxylic acids is 1. The van der Waals surface area contributed by atoms with Crippen molar-refractivity contribution in [1.82, 2.24) is 10.5 Å². The molecule has 0 aliphatic rings. The van der Waals surface area contributed by atoms with Crippen molar-refractivity contribution < 1.29 is 9.63 Å². The van der Waals surface area contributed by atoms with Crippen LogP contribution in [0.4, 0.5) is 0 Å². The standard InChI is InChI=1S/C11H18N2O2S/c1-5-15-13-11(14)10-8(4)12-9(16-10)6-7(2)3/h7H,5-6H2,1-4H3,(H,13,14). The summed E-state index contributed by atoms with van der Waals surface area (Å²) in [5, 5.41) is 1.01. The topological polar surface area (TPSA) is 51.2 Å². The summed E-state index contributed by atoms with van der Waals surface area (Å²) in [6.07, 6.45) is 0.910. The minimum atomic E-state index is -0.202. The monoisotopic (exact) mass is 242 g/mol. The summed E-state index contributed by atoms with van der Waals surface area (Å²) < 4.78 is 0. The number of nitrogens with zero attached hydrogens (tertiary/aromatic N) is 1. The van der Waals surface area contributed by atoms with Gasteiger partial charge >= 0.3 is 0 Å². The van der Waals surface area contributed by atoms with Crippen molar-refractivity contribution in [3.63, 3.8) is 0 Å². The summed E-state index contributed by atoms with van der Waals surface area (Å²) in [7, 11) is 0. The summed E-state index contributed by atoms with van der Waals surface area (Å²) >= 11 is 1.44. The summed E-state index contributed by atoms with van der Waals surface area (Å²) in [6.45, 7) is 8.40. The maximum Gasteiger partial charge on any atom is 0.286 e. The Morgan fingerprint density at radius 1 is 1.56 bits per heavy atom. The predicted molar refractivity (Wildman–Crippen MR) is 64.5 cm³/mol. The molecule has 0 spiro atoms. The van der Waals surface area contributed by atoms with Crippen LogP contribution >= 0.6 is 11.3 Å². The van der Waals surface area contributed by atoms with Crippen LogP contribution in [0.3, 0.4) is 0 Å². The normalized spacial score (nSPS) is 10.8. The van der Waals surface area contributed by atoms with Crippen molar-refractivity contribution in [2.75, 3.05) is 6.61 Å². The highest BCUT2D eigenvalue weighted by molar-refractivity contribution is 7.13. The van der Waals surface area contributed by atoms with E-state index >= 15 is 0 Å². The molecule has 1 amide bonds. The molecule has 0 fully saturated rings. The van der Waals surface area contributed by atoms with E-state index in [1.807, 2.05) is 13.8 Å². The molecule has 1 aromatic heterocycles. The average Bonchev–Trinajstić information content (AvgIpc) is 2.54. The molecule has 0 atom stereocenters. The van der Waals surface area contributed by atoms with Crippen LogP contribution in [0.5, 0.6) is 0 Å². The molecular weight excluding hydrogens is 224 g/mol. The Hall–Kier alpha value is -0.940. The second-order valence-corrected chi connectivity index (χ2v) is 5.07. The van der Waals surface area contributed by atoms with Crippen molar-refractivity contribution in [1.29, 1.82) is 0 Å². The molecule has 1 heterocycles. The number of thiazole rings is 1. The van der Waals surface area contributed by atoms with E-state index in [-0.39, 0.29) is 5.91 Å². The van der Waals surface area contributed by atoms with Gasteiger partial charge in [-0.25, -0.2) is 10.5 Å². The van der Waals surface area contributed by atoms with Crippen LogP contribution in [0.15, 0.2) is 0 Å². The van der Waals surface area contributed by atoms with Gasteiger partial charge in [-0.15, -0.1) is 11.3 Å². The lowest BCUT2D eigenvalue weighted by Crippen LogP contribution is -2.23. The SMILES string of the molecule is CCONC(=O)c1sc(CC(C)C)nc1C. The molecule has 0 bridgehead atoms. The third-order valence-electron chi connectivity index (χ3n) is 1.94. The molecule has 1 aromatic rings. The van der Waals surface area contributed by atoms with Crippen LogP contribution in [0.2, 0.25) is 0 Å². The van der Waals surface area contributed by atoms with Crippen LogP contribution < -0.4 is 5.48 Å². The van der Waals surface area contributed by atoms with Gasteiger partial charge in [-0.05, 0) is 19.8 Å². The van der Waals surface area contributed by atoms with E-state index in [2.05, 4.69) is 24.3 Å². The third kappa shape index (κ3) is 3.57. The Morgan fingerprint density at radius 2 is 2.25 bits per heavy atom. The molecule has 0 saturated heterocycles. The molecule has 1 rings (SSSR count). The van der Waals surface area contributed by atoms with Crippen LogP contribution in [0, 0.1) is 12.8 Å². The zero-order valence-corrected chi connectivity index (χ0v) is 11.0. The van der Waals surface area contributed by atoms with Gasteiger partial charge in [-0.3, -0.25) is 9.63 Å². The first kappa shape index (κ1) is 13.1. The number of aromatic nitrogens is 1. The summed E-state index contributed by atoms with van der Waals surface area (Å²) in [5.74, 6) is 0.347. The molecule has 4 nitrogen and oxygen atoms in total. The number of hydrogen-bond donors (Lipinski definition) is 1. The van der Waals surface area contributed by atoms with Gasteiger partial charge in [-0.1, -0.05) is 13.8 Å². The maximum absolute atomic E-state index is 11.7. The highest BCUT2D eigenvalue weighted by Gasteiger charge is 2.15. The number of hydrogen-bond acceptors (Lipinski definition) is 4. The van der Waals surface area contributed by atoms with Gasteiger partial charge in [0.2, 0.25) is 0 Å². The Kier molecular flexibility index (Phi) is 4.89. The molecule has 0 aromatic carbocycles. The Bertz CT molecular complexity index is 361. The van der Waals surface area contributed by atoms with Crippen molar-refractivity contribution in [3.8, 4) is 0 Å². The first-order valence-electron chi connectivity index (χ1n) is 5.43. The van der Waals surface area contributed by atoms with Gasteiger partial charge < -0.3 is 0 Å². The van der Waals surface area contributed by atoms with E-state index in [1.165, 1.54) is 11.3 Å². The van der Waals surface area contributed by atoms with Crippen molar-refractivity contribution in [2.24, 2.45) is 5.92 Å². The van der Waals surface area contributed by atoms with Crippen LogP contribution in [0.25, 0.3) is 0 Å². The average molecular weight is 242 g/mol. The molecular formula is C11H18N2O2S. The Balaban J connectivity index is 2.73. The predicted octanol–water partition coefficient (Wildman–Crippen LogP) is 2.33. The molecule has 0 aliphatic carbocycles. The Labute approximate surface area is 100.0 Å². The molecule has 1 N–H and O–H groups in total. The largest absolute Gasteiger partial charge is 0.286 e. The first-order chi connectivity index (χ1) is 7.54. The number of aryl methyl sites for hydroxylation is 1. The summed E-state index contributed by atoms with van der Waals surface area (Å²) in [5.41, 5.74) is 3.16. The molecule has 90 valence electrons. The summed E-state index contributed by atoms with van der Waals surface area (Å²) in [4.78, 5) is 21.6.